The summed E-state index contributed by atoms with van der Waals surface area (Å²) in [5, 5.41) is 9.76. The second-order valence-corrected chi connectivity index (χ2v) is 3.68. The van der Waals surface area contributed by atoms with E-state index in [2.05, 4.69) is 4.84 Å². The smallest absolute Gasteiger partial charge is 0.339 e. The minimum atomic E-state index is -0.855. The number of hydrogen-bond donors (Lipinski definition) is 0. The lowest BCUT2D eigenvalue weighted by molar-refractivity contribution is -0.757. The van der Waals surface area contributed by atoms with Crippen LogP contribution in [-0.2, 0) is 4.84 Å². The van der Waals surface area contributed by atoms with Crippen molar-refractivity contribution >= 4 is 11.0 Å². The zero-order valence-electron chi connectivity index (χ0n) is 9.90. The summed E-state index contributed by atoms with van der Waals surface area (Å²) in [6.07, 6.45) is 0.343. The lowest BCUT2D eigenvalue weighted by atomic mass is 10.2. The Hall–Kier alpha value is -2.57. The standard InChI is InChI=1S/C12H11NO6/c14-12-8-11(17-6-3-7-18-13(15)16)9-4-1-2-5-10(9)19-12/h1-2,4-5,8H,3,6-7H2. The summed E-state index contributed by atoms with van der Waals surface area (Å²) in [7, 11) is 0. The fraction of sp³-hybridized carbons (Fsp3) is 0.250. The fourth-order valence-corrected chi connectivity index (χ4v) is 1.58. The van der Waals surface area contributed by atoms with E-state index < -0.39 is 10.7 Å². The Morgan fingerprint density at radius 3 is 2.84 bits per heavy atom. The molecule has 7 heteroatoms. The van der Waals surface area contributed by atoms with Crippen LogP contribution in [0.5, 0.6) is 5.75 Å². The van der Waals surface area contributed by atoms with Gasteiger partial charge < -0.3 is 14.0 Å². The third-order valence-corrected chi connectivity index (χ3v) is 2.35. The monoisotopic (exact) mass is 265 g/mol. The Balaban J connectivity index is 2.04. The second-order valence-electron chi connectivity index (χ2n) is 3.68. The summed E-state index contributed by atoms with van der Waals surface area (Å²) in [6.45, 7) is 0.160. The predicted octanol–water partition coefficient (Wildman–Crippen LogP) is 1.77. The summed E-state index contributed by atoms with van der Waals surface area (Å²) >= 11 is 0. The SMILES string of the molecule is O=c1cc(OCCCO[N+](=O)[O-])c2ccccc2o1. The molecule has 100 valence electrons. The maximum atomic E-state index is 11.3. The number of hydrogen-bond acceptors (Lipinski definition) is 6. The van der Waals surface area contributed by atoms with Crippen LogP contribution in [0, 0.1) is 10.1 Å². The summed E-state index contributed by atoms with van der Waals surface area (Å²) < 4.78 is 10.4. The van der Waals surface area contributed by atoms with Crippen molar-refractivity contribution in [3.05, 3.63) is 50.9 Å². The zero-order valence-corrected chi connectivity index (χ0v) is 9.90. The number of nitrogens with zero attached hydrogens (tertiary/aromatic N) is 1. The molecule has 0 aliphatic heterocycles. The largest absolute Gasteiger partial charge is 0.492 e. The van der Waals surface area contributed by atoms with Crippen LogP contribution in [0.25, 0.3) is 11.0 Å². The van der Waals surface area contributed by atoms with Gasteiger partial charge in [0.1, 0.15) is 11.3 Å². The molecule has 2 aromatic rings. The highest BCUT2D eigenvalue weighted by molar-refractivity contribution is 5.82. The van der Waals surface area contributed by atoms with Crippen LogP contribution in [0.1, 0.15) is 6.42 Å². The molecule has 0 saturated carbocycles. The first-order chi connectivity index (χ1) is 9.16. The molecular weight excluding hydrogens is 254 g/mol. The minimum Gasteiger partial charge on any atom is -0.492 e. The van der Waals surface area contributed by atoms with Gasteiger partial charge in [-0.25, -0.2) is 4.79 Å². The highest BCUT2D eigenvalue weighted by Gasteiger charge is 2.05. The predicted molar refractivity (Wildman–Crippen MR) is 65.5 cm³/mol. The van der Waals surface area contributed by atoms with E-state index >= 15 is 0 Å². The lowest BCUT2D eigenvalue weighted by Crippen LogP contribution is -2.08. The van der Waals surface area contributed by atoms with E-state index in [0.29, 0.717) is 23.1 Å². The van der Waals surface area contributed by atoms with Gasteiger partial charge in [0.25, 0.3) is 5.09 Å². The van der Waals surface area contributed by atoms with Crippen LogP contribution in [0.2, 0.25) is 0 Å². The summed E-state index contributed by atoms with van der Waals surface area (Å²) in [5.74, 6) is 0.396. The highest BCUT2D eigenvalue weighted by Crippen LogP contribution is 2.23. The van der Waals surface area contributed by atoms with Crippen LogP contribution in [0.3, 0.4) is 0 Å². The van der Waals surface area contributed by atoms with E-state index in [1.165, 1.54) is 6.07 Å². The van der Waals surface area contributed by atoms with Crippen molar-refractivity contribution in [2.24, 2.45) is 0 Å². The molecule has 0 saturated heterocycles. The van der Waals surface area contributed by atoms with Crippen molar-refractivity contribution in [2.45, 2.75) is 6.42 Å². The lowest BCUT2D eigenvalue weighted by Gasteiger charge is -2.07. The molecule has 2 rings (SSSR count). The summed E-state index contributed by atoms with van der Waals surface area (Å²) in [5.41, 5.74) is -0.0678. The Labute approximate surface area is 107 Å². The molecule has 0 amide bonds. The maximum absolute atomic E-state index is 11.3. The first kappa shape index (κ1) is 12.9. The van der Waals surface area contributed by atoms with Gasteiger partial charge >= 0.3 is 5.63 Å². The highest BCUT2D eigenvalue weighted by atomic mass is 16.9. The Morgan fingerprint density at radius 2 is 2.05 bits per heavy atom. The Bertz CT molecular complexity index is 635. The van der Waals surface area contributed by atoms with Gasteiger partial charge in [0, 0.05) is 6.42 Å². The average Bonchev–Trinajstić information content (AvgIpc) is 2.37. The number of para-hydroxylation sites is 1. The number of fused-ring (bicyclic) bond motifs is 1. The molecule has 19 heavy (non-hydrogen) atoms. The van der Waals surface area contributed by atoms with Gasteiger partial charge in [0.05, 0.1) is 24.7 Å². The number of ether oxygens (including phenoxy) is 1. The first-order valence-electron chi connectivity index (χ1n) is 5.60. The number of rotatable bonds is 6. The molecule has 1 aromatic heterocycles. The van der Waals surface area contributed by atoms with Gasteiger partial charge in [-0.1, -0.05) is 12.1 Å². The van der Waals surface area contributed by atoms with Crippen LogP contribution in [0.15, 0.2) is 39.5 Å². The topological polar surface area (TPSA) is 91.8 Å². The molecular formula is C12H11NO6. The van der Waals surface area contributed by atoms with Crippen LogP contribution in [-0.4, -0.2) is 18.3 Å². The molecule has 7 nitrogen and oxygen atoms in total. The summed E-state index contributed by atoms with van der Waals surface area (Å²) in [6, 6.07) is 8.22. The molecule has 0 aliphatic carbocycles. The molecule has 0 spiro atoms. The van der Waals surface area contributed by atoms with Crippen LogP contribution >= 0.6 is 0 Å². The van der Waals surface area contributed by atoms with E-state index in [9.17, 15) is 14.9 Å². The minimum absolute atomic E-state index is 0.0492. The van der Waals surface area contributed by atoms with Crippen molar-refractivity contribution in [1.82, 2.24) is 0 Å². The van der Waals surface area contributed by atoms with Crippen LogP contribution < -0.4 is 10.4 Å². The van der Waals surface area contributed by atoms with E-state index in [1.54, 1.807) is 24.3 Å². The normalized spacial score (nSPS) is 10.3. The van der Waals surface area contributed by atoms with Gasteiger partial charge in [0.2, 0.25) is 0 Å². The van der Waals surface area contributed by atoms with E-state index in [-0.39, 0.29) is 13.2 Å². The van der Waals surface area contributed by atoms with Crippen molar-refractivity contribution in [3.63, 3.8) is 0 Å². The van der Waals surface area contributed by atoms with E-state index in [1.807, 2.05) is 0 Å². The van der Waals surface area contributed by atoms with Gasteiger partial charge in [-0.2, -0.15) is 0 Å². The number of benzene rings is 1. The molecule has 1 heterocycles. The molecule has 0 unspecified atom stereocenters. The van der Waals surface area contributed by atoms with Gasteiger partial charge in [0.15, 0.2) is 0 Å². The molecule has 0 atom stereocenters. The third kappa shape index (κ3) is 3.44. The molecule has 0 N–H and O–H groups in total. The van der Waals surface area contributed by atoms with Gasteiger partial charge in [-0.3, -0.25) is 0 Å². The average molecular weight is 265 g/mol. The summed E-state index contributed by atoms with van der Waals surface area (Å²) in [4.78, 5) is 25.4. The molecule has 0 radical (unpaired) electrons. The zero-order chi connectivity index (χ0) is 13.7. The Morgan fingerprint density at radius 1 is 1.26 bits per heavy atom. The first-order valence-corrected chi connectivity index (χ1v) is 5.60. The Kier molecular flexibility index (Phi) is 3.97. The van der Waals surface area contributed by atoms with Crippen molar-refractivity contribution in [2.75, 3.05) is 13.2 Å². The fourth-order valence-electron chi connectivity index (χ4n) is 1.58. The van der Waals surface area contributed by atoms with Gasteiger partial charge in [-0.05, 0) is 12.1 Å². The molecule has 0 bridgehead atoms. The van der Waals surface area contributed by atoms with Crippen molar-refractivity contribution in [3.8, 4) is 5.75 Å². The van der Waals surface area contributed by atoms with E-state index in [0.717, 1.165) is 0 Å². The third-order valence-electron chi connectivity index (χ3n) is 2.35. The molecule has 1 aromatic carbocycles. The van der Waals surface area contributed by atoms with Crippen molar-refractivity contribution in [1.29, 1.82) is 0 Å². The van der Waals surface area contributed by atoms with E-state index in [4.69, 9.17) is 9.15 Å². The maximum Gasteiger partial charge on any atom is 0.339 e. The molecule has 0 fully saturated rings. The quantitative estimate of drug-likeness (QED) is 0.342. The van der Waals surface area contributed by atoms with Crippen LogP contribution in [0.4, 0.5) is 0 Å². The second kappa shape index (κ2) is 5.85. The van der Waals surface area contributed by atoms with Crippen molar-refractivity contribution < 1.29 is 19.1 Å². The van der Waals surface area contributed by atoms with Gasteiger partial charge in [-0.15, -0.1) is 10.1 Å². The molecule has 0 aliphatic rings.